The first-order chi connectivity index (χ1) is 21.7. The summed E-state index contributed by atoms with van der Waals surface area (Å²) in [6, 6.07) is 18.1. The van der Waals surface area contributed by atoms with Gasteiger partial charge in [0.25, 0.3) is 0 Å². The molecule has 1 aliphatic heterocycles. The standard InChI is InChI=1S/C36H47NO9/c1-26-31(43-23-15-21-28-18-12-9-13-19-28)30(42-22-14-20-27-16-10-8-11-17-27)25-41-24-29(32(38)44-26)37(33(39)45-35(2,3)4)34(40)46-36(5,6)7/h8-21,26,29-31H,22-25H2,1-7H3/b20-14+,21-15+/t26-,29?,30-,31-/m0/s1. The van der Waals surface area contributed by atoms with Crippen molar-refractivity contribution in [1.29, 1.82) is 0 Å². The first kappa shape index (κ1) is 36.5. The van der Waals surface area contributed by atoms with Gasteiger partial charge in [-0.2, -0.15) is 4.90 Å². The van der Waals surface area contributed by atoms with Crippen molar-refractivity contribution in [1.82, 2.24) is 4.90 Å². The van der Waals surface area contributed by atoms with E-state index in [0.29, 0.717) is 4.90 Å². The highest BCUT2D eigenvalue weighted by molar-refractivity contribution is 5.94. The number of nitrogens with zero attached hydrogens (tertiary/aromatic N) is 1. The lowest BCUT2D eigenvalue weighted by molar-refractivity contribution is -0.167. The quantitative estimate of drug-likeness (QED) is 0.220. The first-order valence-corrected chi connectivity index (χ1v) is 15.4. The van der Waals surface area contributed by atoms with Crippen molar-refractivity contribution in [3.05, 3.63) is 83.9 Å². The van der Waals surface area contributed by atoms with Gasteiger partial charge >= 0.3 is 18.2 Å². The average Bonchev–Trinajstić information content (AvgIpc) is 3.01. The fraction of sp³-hybridized carbons (Fsp3) is 0.472. The zero-order valence-corrected chi connectivity index (χ0v) is 27.8. The lowest BCUT2D eigenvalue weighted by atomic mass is 10.1. The van der Waals surface area contributed by atoms with Crippen LogP contribution in [0.5, 0.6) is 0 Å². The summed E-state index contributed by atoms with van der Waals surface area (Å²) in [5.74, 6) is -0.873. The van der Waals surface area contributed by atoms with Crippen molar-refractivity contribution in [3.63, 3.8) is 0 Å². The van der Waals surface area contributed by atoms with Crippen LogP contribution in [0.2, 0.25) is 0 Å². The van der Waals surface area contributed by atoms with Gasteiger partial charge in [0.1, 0.15) is 29.5 Å². The fourth-order valence-electron chi connectivity index (χ4n) is 4.45. The number of benzene rings is 2. The highest BCUT2D eigenvalue weighted by Gasteiger charge is 2.44. The van der Waals surface area contributed by atoms with E-state index in [9.17, 15) is 14.4 Å². The van der Waals surface area contributed by atoms with Gasteiger partial charge in [0.05, 0.1) is 26.4 Å². The summed E-state index contributed by atoms with van der Waals surface area (Å²) in [6.45, 7) is 11.6. The minimum Gasteiger partial charge on any atom is -0.458 e. The molecule has 2 amide bonds. The summed E-state index contributed by atoms with van der Waals surface area (Å²) in [5, 5.41) is 0. The van der Waals surface area contributed by atoms with Gasteiger partial charge in [-0.25, -0.2) is 14.4 Å². The van der Waals surface area contributed by atoms with Crippen LogP contribution >= 0.6 is 0 Å². The number of carbonyl (C=O) groups excluding carboxylic acids is 3. The second-order valence-electron chi connectivity index (χ2n) is 12.8. The highest BCUT2D eigenvalue weighted by atomic mass is 16.6. The van der Waals surface area contributed by atoms with Crippen molar-refractivity contribution in [2.75, 3.05) is 26.4 Å². The maximum absolute atomic E-state index is 13.6. The molecule has 3 rings (SSSR count). The maximum atomic E-state index is 13.6. The number of hydrogen-bond donors (Lipinski definition) is 0. The van der Waals surface area contributed by atoms with Crippen LogP contribution in [-0.4, -0.2) is 85.0 Å². The van der Waals surface area contributed by atoms with Gasteiger partial charge < -0.3 is 28.4 Å². The van der Waals surface area contributed by atoms with Crippen LogP contribution in [0.3, 0.4) is 0 Å². The molecule has 1 fully saturated rings. The van der Waals surface area contributed by atoms with E-state index in [-0.39, 0.29) is 26.4 Å². The van der Waals surface area contributed by atoms with Crippen molar-refractivity contribution in [3.8, 4) is 0 Å². The van der Waals surface area contributed by atoms with E-state index in [4.69, 9.17) is 28.4 Å². The Morgan fingerprint density at radius 1 is 0.783 bits per heavy atom. The third kappa shape index (κ3) is 12.4. The summed E-state index contributed by atoms with van der Waals surface area (Å²) < 4.78 is 35.2. The van der Waals surface area contributed by atoms with E-state index >= 15 is 0 Å². The maximum Gasteiger partial charge on any atom is 0.420 e. The second-order valence-corrected chi connectivity index (χ2v) is 12.8. The van der Waals surface area contributed by atoms with Crippen LogP contribution < -0.4 is 0 Å². The van der Waals surface area contributed by atoms with Gasteiger partial charge in [-0.05, 0) is 59.6 Å². The van der Waals surface area contributed by atoms with Crippen molar-refractivity contribution in [2.24, 2.45) is 0 Å². The summed E-state index contributed by atoms with van der Waals surface area (Å²) in [7, 11) is 0. The van der Waals surface area contributed by atoms with E-state index in [1.807, 2.05) is 85.0 Å². The number of imide groups is 1. The molecule has 0 N–H and O–H groups in total. The number of hydrogen-bond acceptors (Lipinski definition) is 9. The van der Waals surface area contributed by atoms with Gasteiger partial charge in [0.2, 0.25) is 0 Å². The van der Waals surface area contributed by atoms with Crippen LogP contribution in [0.1, 0.15) is 59.6 Å². The highest BCUT2D eigenvalue weighted by Crippen LogP contribution is 2.22. The Balaban J connectivity index is 1.84. The topological polar surface area (TPSA) is 110 Å². The molecular formula is C36H47NO9. The van der Waals surface area contributed by atoms with Crippen LogP contribution in [0.15, 0.2) is 72.8 Å². The molecule has 0 aromatic heterocycles. The molecule has 0 spiro atoms. The van der Waals surface area contributed by atoms with Crippen LogP contribution in [-0.2, 0) is 33.2 Å². The van der Waals surface area contributed by atoms with Crippen LogP contribution in [0, 0.1) is 0 Å². The zero-order valence-electron chi connectivity index (χ0n) is 27.8. The Labute approximate surface area is 272 Å². The third-order valence-electron chi connectivity index (χ3n) is 6.46. The summed E-state index contributed by atoms with van der Waals surface area (Å²) in [4.78, 5) is 40.8. The third-order valence-corrected chi connectivity index (χ3v) is 6.46. The summed E-state index contributed by atoms with van der Waals surface area (Å²) >= 11 is 0. The van der Waals surface area contributed by atoms with E-state index < -0.39 is 53.7 Å². The lowest BCUT2D eigenvalue weighted by Gasteiger charge is -2.32. The molecule has 0 saturated carbocycles. The molecule has 1 saturated heterocycles. The van der Waals surface area contributed by atoms with Gasteiger partial charge in [-0.3, -0.25) is 0 Å². The molecule has 250 valence electrons. The molecule has 4 atom stereocenters. The Morgan fingerprint density at radius 2 is 1.26 bits per heavy atom. The predicted molar refractivity (Wildman–Crippen MR) is 175 cm³/mol. The molecule has 10 nitrogen and oxygen atoms in total. The molecule has 2 aromatic rings. The fourth-order valence-corrected chi connectivity index (χ4v) is 4.45. The Kier molecular flexibility index (Phi) is 13.5. The number of amides is 2. The smallest absolute Gasteiger partial charge is 0.420 e. The molecule has 46 heavy (non-hydrogen) atoms. The number of cyclic esters (lactones) is 1. The Bertz CT molecular complexity index is 1280. The van der Waals surface area contributed by atoms with E-state index in [0.717, 1.165) is 11.1 Å². The normalized spacial score (nSPS) is 21.2. The lowest BCUT2D eigenvalue weighted by Crippen LogP contribution is -2.54. The average molecular weight is 638 g/mol. The predicted octanol–water partition coefficient (Wildman–Crippen LogP) is 6.69. The molecule has 1 unspecified atom stereocenters. The molecule has 2 aromatic carbocycles. The van der Waals surface area contributed by atoms with Crippen LogP contribution in [0.4, 0.5) is 9.59 Å². The summed E-state index contributed by atoms with van der Waals surface area (Å²) in [5.41, 5.74) is 0.123. The largest absolute Gasteiger partial charge is 0.458 e. The number of ether oxygens (including phenoxy) is 6. The summed E-state index contributed by atoms with van der Waals surface area (Å²) in [6.07, 6.45) is 3.23. The van der Waals surface area contributed by atoms with E-state index in [1.165, 1.54) is 0 Å². The molecule has 0 bridgehead atoms. The monoisotopic (exact) mass is 637 g/mol. The Hall–Kier alpha value is -3.99. The van der Waals surface area contributed by atoms with Gasteiger partial charge in [-0.1, -0.05) is 85.0 Å². The minimum atomic E-state index is -1.48. The molecular weight excluding hydrogens is 590 g/mol. The minimum absolute atomic E-state index is 0.0137. The molecule has 0 radical (unpaired) electrons. The molecule has 1 heterocycles. The number of esters is 1. The number of rotatable bonds is 9. The Morgan fingerprint density at radius 3 is 1.74 bits per heavy atom. The SMILES string of the molecule is C[C@@H]1OC(=O)C(N(C(=O)OC(C)(C)C)C(=O)OC(C)(C)C)COC[C@H](OC/C=C/c2ccccc2)[C@H]1OC/C=C/c1ccccc1. The second kappa shape index (κ2) is 17.1. The number of carbonyl (C=O) groups is 3. The van der Waals surface area contributed by atoms with Crippen molar-refractivity contribution in [2.45, 2.75) is 84.0 Å². The van der Waals surface area contributed by atoms with E-state index in [1.54, 1.807) is 48.5 Å². The first-order valence-electron chi connectivity index (χ1n) is 15.4. The zero-order chi connectivity index (χ0) is 33.7. The van der Waals surface area contributed by atoms with Gasteiger partial charge in [0.15, 0.2) is 6.04 Å². The van der Waals surface area contributed by atoms with Crippen molar-refractivity contribution >= 4 is 30.3 Å². The van der Waals surface area contributed by atoms with Crippen LogP contribution in [0.25, 0.3) is 12.2 Å². The van der Waals surface area contributed by atoms with Gasteiger partial charge in [0, 0.05) is 0 Å². The van der Waals surface area contributed by atoms with Crippen molar-refractivity contribution < 1.29 is 42.8 Å². The molecule has 10 heteroatoms. The van der Waals surface area contributed by atoms with Gasteiger partial charge in [-0.15, -0.1) is 0 Å². The molecule has 1 aliphatic rings. The van der Waals surface area contributed by atoms with E-state index in [2.05, 4.69) is 0 Å². The molecule has 0 aliphatic carbocycles.